The van der Waals surface area contributed by atoms with E-state index >= 15 is 0 Å². The maximum absolute atomic E-state index is 13.3. The lowest BCUT2D eigenvalue weighted by Crippen LogP contribution is -2.45. The van der Waals surface area contributed by atoms with Crippen LogP contribution < -0.4 is 5.73 Å². The van der Waals surface area contributed by atoms with Gasteiger partial charge in [0.15, 0.2) is 0 Å². The summed E-state index contributed by atoms with van der Waals surface area (Å²) in [5.74, 6) is 0.520. The topological polar surface area (TPSA) is 29.3 Å². The minimum atomic E-state index is -0.106. The van der Waals surface area contributed by atoms with E-state index in [-0.39, 0.29) is 5.82 Å². The van der Waals surface area contributed by atoms with Gasteiger partial charge in [0.25, 0.3) is 0 Å². The zero-order chi connectivity index (χ0) is 13.4. The van der Waals surface area contributed by atoms with Crippen LogP contribution in [0.3, 0.4) is 0 Å². The van der Waals surface area contributed by atoms with Crippen LogP contribution in [0, 0.1) is 11.7 Å². The average Bonchev–Trinajstić information content (AvgIpc) is 2.82. The molecule has 1 saturated heterocycles. The predicted octanol–water partition coefficient (Wildman–Crippen LogP) is 2.87. The van der Waals surface area contributed by atoms with Gasteiger partial charge in [0.05, 0.1) is 0 Å². The first-order chi connectivity index (χ1) is 9.19. The number of aryl methyl sites for hydroxylation is 1. The molecular formula is C16H23FN2. The molecule has 0 saturated carbocycles. The second-order valence-corrected chi connectivity index (χ2v) is 6.12. The molecule has 1 aromatic carbocycles. The van der Waals surface area contributed by atoms with Crippen LogP contribution in [0.25, 0.3) is 0 Å². The van der Waals surface area contributed by atoms with E-state index in [0.29, 0.717) is 18.0 Å². The van der Waals surface area contributed by atoms with Crippen molar-refractivity contribution < 1.29 is 4.39 Å². The average molecular weight is 262 g/mol. The number of piperidine rings is 1. The number of nitrogens with zero attached hydrogens (tertiary/aromatic N) is 1. The first-order valence-electron chi connectivity index (χ1n) is 7.43. The Morgan fingerprint density at radius 1 is 1.32 bits per heavy atom. The van der Waals surface area contributed by atoms with Gasteiger partial charge in [-0.1, -0.05) is 6.07 Å². The normalized spacial score (nSPS) is 31.4. The lowest BCUT2D eigenvalue weighted by molar-refractivity contribution is 0.0738. The minimum Gasteiger partial charge on any atom is -0.330 e. The molecule has 3 atom stereocenters. The summed E-state index contributed by atoms with van der Waals surface area (Å²) in [4.78, 5) is 2.60. The number of likely N-dealkylation sites (tertiary alicyclic amines) is 1. The Morgan fingerprint density at radius 2 is 2.16 bits per heavy atom. The second kappa shape index (κ2) is 5.22. The number of nitrogens with two attached hydrogens (primary N) is 1. The molecule has 19 heavy (non-hydrogen) atoms. The molecule has 0 spiro atoms. The second-order valence-electron chi connectivity index (χ2n) is 6.12. The Hall–Kier alpha value is -0.930. The van der Waals surface area contributed by atoms with Crippen LogP contribution >= 0.6 is 0 Å². The molecule has 3 rings (SSSR count). The number of hydrogen-bond acceptors (Lipinski definition) is 2. The van der Waals surface area contributed by atoms with Crippen molar-refractivity contribution in [3.63, 3.8) is 0 Å². The van der Waals surface area contributed by atoms with Crippen molar-refractivity contribution in [3.05, 3.63) is 35.1 Å². The number of halogens is 1. The molecule has 0 aromatic heterocycles. The number of hydrogen-bond donors (Lipinski definition) is 1. The number of benzene rings is 1. The standard InChI is InChI=1S/C16H23FN2/c1-11-2-3-12(9-18)10-19(11)16-7-4-13-8-14(17)5-6-15(13)16/h5-6,8,11-12,16H,2-4,7,9-10,18H2,1H3. The van der Waals surface area contributed by atoms with E-state index in [0.717, 1.165) is 25.9 Å². The lowest BCUT2D eigenvalue weighted by atomic mass is 9.91. The highest BCUT2D eigenvalue weighted by Gasteiger charge is 2.34. The first-order valence-corrected chi connectivity index (χ1v) is 7.43. The van der Waals surface area contributed by atoms with E-state index in [1.54, 1.807) is 12.1 Å². The summed E-state index contributed by atoms with van der Waals surface area (Å²) >= 11 is 0. The monoisotopic (exact) mass is 262 g/mol. The van der Waals surface area contributed by atoms with Crippen LogP contribution in [0.15, 0.2) is 18.2 Å². The molecule has 2 N–H and O–H groups in total. The van der Waals surface area contributed by atoms with Gasteiger partial charge in [-0.2, -0.15) is 0 Å². The van der Waals surface area contributed by atoms with Gasteiger partial charge in [0.1, 0.15) is 5.82 Å². The van der Waals surface area contributed by atoms with Crippen molar-refractivity contribution in [1.82, 2.24) is 4.90 Å². The fourth-order valence-electron chi connectivity index (χ4n) is 3.75. The molecule has 1 aromatic rings. The summed E-state index contributed by atoms with van der Waals surface area (Å²) in [6.45, 7) is 4.19. The Labute approximate surface area is 114 Å². The molecular weight excluding hydrogens is 239 g/mol. The van der Waals surface area contributed by atoms with E-state index in [9.17, 15) is 4.39 Å². The quantitative estimate of drug-likeness (QED) is 0.888. The molecule has 1 aliphatic heterocycles. The summed E-state index contributed by atoms with van der Waals surface area (Å²) in [6.07, 6.45) is 4.61. The molecule has 0 amide bonds. The van der Waals surface area contributed by atoms with Gasteiger partial charge in [0.2, 0.25) is 0 Å². The van der Waals surface area contributed by atoms with Gasteiger partial charge < -0.3 is 5.73 Å². The lowest BCUT2D eigenvalue weighted by Gasteiger charge is -2.41. The maximum atomic E-state index is 13.3. The molecule has 1 fully saturated rings. The van der Waals surface area contributed by atoms with E-state index in [2.05, 4.69) is 11.8 Å². The molecule has 104 valence electrons. The Morgan fingerprint density at radius 3 is 2.95 bits per heavy atom. The summed E-state index contributed by atoms with van der Waals surface area (Å²) < 4.78 is 13.3. The molecule has 0 radical (unpaired) electrons. The minimum absolute atomic E-state index is 0.106. The van der Waals surface area contributed by atoms with E-state index in [1.807, 2.05) is 6.07 Å². The van der Waals surface area contributed by atoms with Crippen molar-refractivity contribution in [2.75, 3.05) is 13.1 Å². The zero-order valence-corrected chi connectivity index (χ0v) is 11.6. The summed E-state index contributed by atoms with van der Waals surface area (Å²) in [6, 6.07) is 6.39. The third-order valence-electron chi connectivity index (χ3n) is 4.91. The van der Waals surface area contributed by atoms with Crippen molar-refractivity contribution in [2.24, 2.45) is 11.7 Å². The molecule has 3 heteroatoms. The Bertz CT molecular complexity index is 460. The molecule has 1 aliphatic carbocycles. The number of rotatable bonds is 2. The maximum Gasteiger partial charge on any atom is 0.123 e. The fourth-order valence-corrected chi connectivity index (χ4v) is 3.75. The van der Waals surface area contributed by atoms with Crippen molar-refractivity contribution in [1.29, 1.82) is 0 Å². The van der Waals surface area contributed by atoms with Crippen LogP contribution in [-0.2, 0) is 6.42 Å². The molecule has 1 heterocycles. The fraction of sp³-hybridized carbons (Fsp3) is 0.625. The van der Waals surface area contributed by atoms with Crippen molar-refractivity contribution in [3.8, 4) is 0 Å². The summed E-state index contributed by atoms with van der Waals surface area (Å²) in [5, 5.41) is 0. The summed E-state index contributed by atoms with van der Waals surface area (Å²) in [5.41, 5.74) is 8.39. The number of fused-ring (bicyclic) bond motifs is 1. The molecule has 2 nitrogen and oxygen atoms in total. The van der Waals surface area contributed by atoms with Gasteiger partial charge >= 0.3 is 0 Å². The van der Waals surface area contributed by atoms with Crippen molar-refractivity contribution in [2.45, 2.75) is 44.7 Å². The van der Waals surface area contributed by atoms with Gasteiger partial charge in [0, 0.05) is 18.6 Å². The van der Waals surface area contributed by atoms with E-state index in [1.165, 1.54) is 24.0 Å². The van der Waals surface area contributed by atoms with Gasteiger partial charge in [-0.15, -0.1) is 0 Å². The van der Waals surface area contributed by atoms with Crippen LogP contribution in [0.4, 0.5) is 4.39 Å². The molecule has 3 unspecified atom stereocenters. The van der Waals surface area contributed by atoms with Gasteiger partial charge in [-0.3, -0.25) is 4.90 Å². The smallest absolute Gasteiger partial charge is 0.123 e. The van der Waals surface area contributed by atoms with Crippen LogP contribution in [0.2, 0.25) is 0 Å². The highest BCUT2D eigenvalue weighted by molar-refractivity contribution is 5.35. The largest absolute Gasteiger partial charge is 0.330 e. The van der Waals surface area contributed by atoms with E-state index < -0.39 is 0 Å². The Kier molecular flexibility index (Phi) is 3.59. The highest BCUT2D eigenvalue weighted by atomic mass is 19.1. The van der Waals surface area contributed by atoms with Crippen LogP contribution in [0.1, 0.15) is 43.4 Å². The van der Waals surface area contributed by atoms with Gasteiger partial charge in [-0.25, -0.2) is 4.39 Å². The predicted molar refractivity (Wildman–Crippen MR) is 75.4 cm³/mol. The molecule has 0 bridgehead atoms. The Balaban J connectivity index is 1.83. The van der Waals surface area contributed by atoms with E-state index in [4.69, 9.17) is 5.73 Å². The zero-order valence-electron chi connectivity index (χ0n) is 11.6. The van der Waals surface area contributed by atoms with Gasteiger partial charge in [-0.05, 0) is 68.3 Å². The third kappa shape index (κ3) is 2.41. The molecule has 2 aliphatic rings. The van der Waals surface area contributed by atoms with Crippen molar-refractivity contribution >= 4 is 0 Å². The SMILES string of the molecule is CC1CCC(CN)CN1C1CCc2cc(F)ccc21. The van der Waals surface area contributed by atoms with Crippen LogP contribution in [-0.4, -0.2) is 24.0 Å². The highest BCUT2D eigenvalue weighted by Crippen LogP contribution is 2.39. The summed E-state index contributed by atoms with van der Waals surface area (Å²) in [7, 11) is 0. The third-order valence-corrected chi connectivity index (χ3v) is 4.91. The first kappa shape index (κ1) is 13.1. The van der Waals surface area contributed by atoms with Crippen LogP contribution in [0.5, 0.6) is 0 Å².